The first-order valence-corrected chi connectivity index (χ1v) is 9.78. The number of benzene rings is 1. The number of hydrogen-bond acceptors (Lipinski definition) is 4. The number of aliphatic hydroxyl groups excluding tert-OH is 1. The zero-order chi connectivity index (χ0) is 19.0. The van der Waals surface area contributed by atoms with Crippen molar-refractivity contribution in [2.24, 2.45) is 5.41 Å². The third-order valence-electron chi connectivity index (χ3n) is 6.05. The summed E-state index contributed by atoms with van der Waals surface area (Å²) in [6.45, 7) is 7.09. The maximum absolute atomic E-state index is 12.6. The van der Waals surface area contributed by atoms with E-state index in [-0.39, 0.29) is 5.91 Å². The van der Waals surface area contributed by atoms with Crippen molar-refractivity contribution in [2.45, 2.75) is 45.8 Å². The number of aliphatic hydroxyl groups is 1. The molecular formula is C21H28N4O2. The molecule has 144 valence electrons. The summed E-state index contributed by atoms with van der Waals surface area (Å²) in [5, 5.41) is 18.0. The zero-order valence-electron chi connectivity index (χ0n) is 16.1. The molecule has 2 N–H and O–H groups in total. The molecule has 1 spiro atoms. The van der Waals surface area contributed by atoms with Gasteiger partial charge in [-0.15, -0.1) is 0 Å². The fourth-order valence-electron chi connectivity index (χ4n) is 4.80. The van der Waals surface area contributed by atoms with E-state index in [1.807, 2.05) is 16.9 Å². The van der Waals surface area contributed by atoms with Crippen molar-refractivity contribution in [1.29, 1.82) is 0 Å². The maximum atomic E-state index is 12.6. The number of aryl methyl sites for hydroxylation is 2. The number of carbonyl (C=O) groups is 1. The Morgan fingerprint density at radius 2 is 2.22 bits per heavy atom. The molecule has 1 amide bonds. The second-order valence-electron chi connectivity index (χ2n) is 8.07. The van der Waals surface area contributed by atoms with Gasteiger partial charge in [0.15, 0.2) is 0 Å². The molecule has 4 rings (SSSR count). The number of aromatic nitrogens is 2. The monoisotopic (exact) mass is 368 g/mol. The SMILES string of the molecule is Cc1cc(C)c(-n2cccn2)c(CN2CC[C@H](O)[C@@]3(CCCNC3=O)C2)c1. The quantitative estimate of drug-likeness (QED) is 0.869. The zero-order valence-corrected chi connectivity index (χ0v) is 16.1. The van der Waals surface area contributed by atoms with Gasteiger partial charge in [0.1, 0.15) is 0 Å². The number of rotatable bonds is 3. The Morgan fingerprint density at radius 3 is 2.96 bits per heavy atom. The lowest BCUT2D eigenvalue weighted by Crippen LogP contribution is -2.61. The number of nitrogens with zero attached hydrogens (tertiary/aromatic N) is 3. The van der Waals surface area contributed by atoms with Gasteiger partial charge in [-0.3, -0.25) is 9.69 Å². The summed E-state index contributed by atoms with van der Waals surface area (Å²) in [4.78, 5) is 14.9. The van der Waals surface area contributed by atoms with Crippen LogP contribution in [0.4, 0.5) is 0 Å². The fraction of sp³-hybridized carbons (Fsp3) is 0.524. The lowest BCUT2D eigenvalue weighted by atomic mass is 9.71. The third-order valence-corrected chi connectivity index (χ3v) is 6.05. The molecular weight excluding hydrogens is 340 g/mol. The molecule has 0 bridgehead atoms. The maximum Gasteiger partial charge on any atom is 0.230 e. The van der Waals surface area contributed by atoms with Crippen LogP contribution >= 0.6 is 0 Å². The fourth-order valence-corrected chi connectivity index (χ4v) is 4.80. The Bertz CT molecular complexity index is 833. The van der Waals surface area contributed by atoms with Crippen LogP contribution in [0.15, 0.2) is 30.6 Å². The summed E-state index contributed by atoms with van der Waals surface area (Å²) in [6, 6.07) is 6.32. The predicted molar refractivity (Wildman–Crippen MR) is 104 cm³/mol. The Balaban J connectivity index is 1.64. The molecule has 3 heterocycles. The molecule has 0 unspecified atom stereocenters. The number of carbonyl (C=O) groups excluding carboxylic acids is 1. The van der Waals surface area contributed by atoms with Crippen LogP contribution in [-0.4, -0.2) is 51.4 Å². The normalized spacial score (nSPS) is 26.3. The molecule has 6 heteroatoms. The molecule has 0 radical (unpaired) electrons. The van der Waals surface area contributed by atoms with Crippen LogP contribution in [0, 0.1) is 19.3 Å². The van der Waals surface area contributed by atoms with Crippen LogP contribution in [0.3, 0.4) is 0 Å². The van der Waals surface area contributed by atoms with Crippen LogP contribution in [-0.2, 0) is 11.3 Å². The van der Waals surface area contributed by atoms with E-state index in [9.17, 15) is 9.90 Å². The van der Waals surface area contributed by atoms with Gasteiger partial charge in [0.05, 0.1) is 17.2 Å². The van der Waals surface area contributed by atoms with Crippen LogP contribution in [0.5, 0.6) is 0 Å². The summed E-state index contributed by atoms with van der Waals surface area (Å²) >= 11 is 0. The summed E-state index contributed by atoms with van der Waals surface area (Å²) in [5.41, 5.74) is 4.07. The van der Waals surface area contributed by atoms with Gasteiger partial charge in [-0.2, -0.15) is 5.10 Å². The van der Waals surface area contributed by atoms with Crippen molar-refractivity contribution < 1.29 is 9.90 Å². The predicted octanol–water partition coefficient (Wildman–Crippen LogP) is 1.95. The van der Waals surface area contributed by atoms with Gasteiger partial charge in [0.25, 0.3) is 0 Å². The number of likely N-dealkylation sites (tertiary alicyclic amines) is 1. The van der Waals surface area contributed by atoms with E-state index in [1.54, 1.807) is 6.20 Å². The van der Waals surface area contributed by atoms with Gasteiger partial charge in [0, 0.05) is 38.6 Å². The summed E-state index contributed by atoms with van der Waals surface area (Å²) in [6.07, 6.45) is 5.53. The summed E-state index contributed by atoms with van der Waals surface area (Å²) in [7, 11) is 0. The molecule has 0 aliphatic carbocycles. The lowest BCUT2D eigenvalue weighted by molar-refractivity contribution is -0.149. The highest BCUT2D eigenvalue weighted by Gasteiger charge is 2.49. The first-order chi connectivity index (χ1) is 13.0. The molecule has 2 fully saturated rings. The van der Waals surface area contributed by atoms with Gasteiger partial charge in [-0.05, 0) is 50.3 Å². The van der Waals surface area contributed by atoms with E-state index in [1.165, 1.54) is 16.7 Å². The molecule has 1 aromatic carbocycles. The topological polar surface area (TPSA) is 70.4 Å². The van der Waals surface area contributed by atoms with Crippen molar-refractivity contribution in [3.63, 3.8) is 0 Å². The van der Waals surface area contributed by atoms with Crippen molar-refractivity contribution in [3.8, 4) is 5.69 Å². The number of nitrogens with one attached hydrogen (secondary N) is 1. The van der Waals surface area contributed by atoms with Gasteiger partial charge in [-0.1, -0.05) is 17.7 Å². The molecule has 6 nitrogen and oxygen atoms in total. The second kappa shape index (κ2) is 7.09. The molecule has 2 saturated heterocycles. The van der Waals surface area contributed by atoms with Crippen LogP contribution in [0.2, 0.25) is 0 Å². The molecule has 2 atom stereocenters. The minimum absolute atomic E-state index is 0.0127. The Labute approximate surface area is 160 Å². The molecule has 1 aromatic heterocycles. The van der Waals surface area contributed by atoms with Crippen molar-refractivity contribution in [3.05, 3.63) is 47.3 Å². The highest BCUT2D eigenvalue weighted by atomic mass is 16.3. The Kier molecular flexibility index (Phi) is 4.78. The first-order valence-electron chi connectivity index (χ1n) is 9.78. The third kappa shape index (κ3) is 3.28. The van der Waals surface area contributed by atoms with Crippen LogP contribution in [0.25, 0.3) is 5.69 Å². The number of piperidine rings is 2. The average Bonchev–Trinajstić information content (AvgIpc) is 3.14. The van der Waals surface area contributed by atoms with Crippen LogP contribution < -0.4 is 5.32 Å². The van der Waals surface area contributed by atoms with E-state index < -0.39 is 11.5 Å². The summed E-state index contributed by atoms with van der Waals surface area (Å²) in [5.74, 6) is 0.0127. The minimum atomic E-state index is -0.665. The van der Waals surface area contributed by atoms with Crippen molar-refractivity contribution in [1.82, 2.24) is 20.0 Å². The summed E-state index contributed by atoms with van der Waals surface area (Å²) < 4.78 is 1.92. The molecule has 2 aliphatic rings. The van der Waals surface area contributed by atoms with Gasteiger partial charge < -0.3 is 10.4 Å². The standard InChI is InChI=1S/C21H28N4O2/c1-15-11-16(2)19(25-9-4-8-23-25)17(12-15)13-24-10-5-18(26)21(14-24)6-3-7-22-20(21)27/h4,8-9,11-12,18,26H,3,5-7,10,13-14H2,1-2H3,(H,22,27)/t18-,21+/m0/s1. The molecule has 0 saturated carbocycles. The minimum Gasteiger partial charge on any atom is -0.392 e. The Hall–Kier alpha value is -2.18. The van der Waals surface area contributed by atoms with Crippen molar-refractivity contribution in [2.75, 3.05) is 19.6 Å². The van der Waals surface area contributed by atoms with Gasteiger partial charge in [0.2, 0.25) is 5.91 Å². The van der Waals surface area contributed by atoms with Gasteiger partial charge >= 0.3 is 0 Å². The molecule has 27 heavy (non-hydrogen) atoms. The number of amides is 1. The largest absolute Gasteiger partial charge is 0.392 e. The first kappa shape index (κ1) is 18.2. The smallest absolute Gasteiger partial charge is 0.230 e. The number of hydrogen-bond donors (Lipinski definition) is 2. The van der Waals surface area contributed by atoms with Crippen LogP contribution in [0.1, 0.15) is 36.0 Å². The van der Waals surface area contributed by atoms with E-state index in [0.29, 0.717) is 19.5 Å². The highest BCUT2D eigenvalue weighted by Crippen LogP contribution is 2.38. The second-order valence-corrected chi connectivity index (χ2v) is 8.07. The van der Waals surface area contributed by atoms with Gasteiger partial charge in [-0.25, -0.2) is 4.68 Å². The van der Waals surface area contributed by atoms with Crippen molar-refractivity contribution >= 4 is 5.91 Å². The average molecular weight is 368 g/mol. The highest BCUT2D eigenvalue weighted by molar-refractivity contribution is 5.84. The van der Waals surface area contributed by atoms with E-state index in [2.05, 4.69) is 41.3 Å². The van der Waals surface area contributed by atoms with E-state index >= 15 is 0 Å². The lowest BCUT2D eigenvalue weighted by Gasteiger charge is -2.47. The molecule has 2 aliphatic heterocycles. The van der Waals surface area contributed by atoms with E-state index in [0.717, 1.165) is 31.6 Å². The molecule has 2 aromatic rings. The van der Waals surface area contributed by atoms with E-state index in [4.69, 9.17) is 0 Å². The Morgan fingerprint density at radius 1 is 1.37 bits per heavy atom.